The minimum atomic E-state index is 0. The number of aryl methyl sites for hydroxylation is 1. The summed E-state index contributed by atoms with van der Waals surface area (Å²) >= 11 is 0. The summed E-state index contributed by atoms with van der Waals surface area (Å²) in [5, 5.41) is 14.4. The fourth-order valence-corrected chi connectivity index (χ4v) is 2.06. The molecule has 0 saturated carbocycles. The Kier molecular flexibility index (Phi) is 14.1. The van der Waals surface area contributed by atoms with Gasteiger partial charge in [0.15, 0.2) is 0 Å². The van der Waals surface area contributed by atoms with E-state index in [9.17, 15) is 0 Å². The van der Waals surface area contributed by atoms with Gasteiger partial charge in [0.2, 0.25) is 6.79 Å². The molecule has 0 fully saturated rings. The average molecular weight is 427 g/mol. The highest BCUT2D eigenvalue weighted by Crippen LogP contribution is 2.16. The van der Waals surface area contributed by atoms with Gasteiger partial charge in [-0.25, -0.2) is 0 Å². The zero-order valence-corrected chi connectivity index (χ0v) is 16.3. The number of ether oxygens (including phenoxy) is 2. The van der Waals surface area contributed by atoms with Crippen molar-refractivity contribution in [2.45, 2.75) is 20.3 Å². The third-order valence-electron chi connectivity index (χ3n) is 3.39. The largest absolute Gasteiger partial charge is 0.458 e. The first kappa shape index (κ1) is 27.5. The van der Waals surface area contributed by atoms with E-state index in [0.717, 1.165) is 17.5 Å². The van der Waals surface area contributed by atoms with Crippen LogP contribution in [0.1, 0.15) is 25.0 Å². The van der Waals surface area contributed by atoms with Crippen LogP contribution in [0, 0.1) is 10.8 Å². The van der Waals surface area contributed by atoms with E-state index in [1.807, 2.05) is 48.5 Å². The van der Waals surface area contributed by atoms with E-state index in [1.165, 1.54) is 6.08 Å². The number of halogens is 2. The molecule has 0 unspecified atom stereocenters. The van der Waals surface area contributed by atoms with Crippen LogP contribution in [0.15, 0.2) is 54.6 Å². The van der Waals surface area contributed by atoms with Crippen molar-refractivity contribution in [2.75, 3.05) is 6.79 Å². The van der Waals surface area contributed by atoms with Gasteiger partial charge in [0.05, 0.1) is 5.84 Å². The van der Waals surface area contributed by atoms with Crippen molar-refractivity contribution < 1.29 is 9.47 Å². The van der Waals surface area contributed by atoms with Crippen LogP contribution in [0.4, 0.5) is 0 Å². The van der Waals surface area contributed by atoms with Crippen molar-refractivity contribution in [1.82, 2.24) is 0 Å². The van der Waals surface area contributed by atoms with Crippen molar-refractivity contribution in [3.8, 4) is 11.5 Å². The Hall–Kier alpha value is -2.70. The second-order valence-electron chi connectivity index (χ2n) is 5.43. The molecule has 0 aromatic heterocycles. The van der Waals surface area contributed by atoms with Gasteiger partial charge >= 0.3 is 0 Å². The Balaban J connectivity index is 0. The number of benzene rings is 2. The summed E-state index contributed by atoms with van der Waals surface area (Å²) in [7, 11) is 0. The highest BCUT2D eigenvalue weighted by atomic mass is 35.5. The molecular weight excluding hydrogens is 399 g/mol. The van der Waals surface area contributed by atoms with Crippen LogP contribution in [-0.4, -0.2) is 18.5 Å². The molecule has 6 nitrogen and oxygen atoms in total. The van der Waals surface area contributed by atoms with Gasteiger partial charge in [0, 0.05) is 6.42 Å². The Morgan fingerprint density at radius 2 is 1.36 bits per heavy atom. The summed E-state index contributed by atoms with van der Waals surface area (Å²) in [6.07, 6.45) is 4.59. The molecule has 0 spiro atoms. The van der Waals surface area contributed by atoms with Crippen LogP contribution >= 0.6 is 24.8 Å². The predicted octanol–water partition coefficient (Wildman–Crippen LogP) is 4.40. The van der Waals surface area contributed by atoms with E-state index in [0.29, 0.717) is 17.9 Å². The molecule has 2 rings (SSSR count). The van der Waals surface area contributed by atoms with Crippen LogP contribution in [0.5, 0.6) is 11.5 Å². The molecule has 2 aromatic carbocycles. The lowest BCUT2D eigenvalue weighted by Crippen LogP contribution is -2.10. The summed E-state index contributed by atoms with van der Waals surface area (Å²) in [6, 6.07) is 15.0. The van der Waals surface area contributed by atoms with Gasteiger partial charge in [-0.05, 0) is 47.9 Å². The van der Waals surface area contributed by atoms with Crippen LogP contribution < -0.4 is 20.9 Å². The first-order chi connectivity index (χ1) is 12.0. The lowest BCUT2D eigenvalue weighted by Gasteiger charge is -2.09. The molecule has 0 bridgehead atoms. The third-order valence-corrected chi connectivity index (χ3v) is 3.39. The number of amidine groups is 2. The normalized spacial score (nSPS) is 9.43. The maximum atomic E-state index is 7.23. The van der Waals surface area contributed by atoms with Crippen molar-refractivity contribution in [3.63, 3.8) is 0 Å². The van der Waals surface area contributed by atoms with Gasteiger partial charge < -0.3 is 20.9 Å². The summed E-state index contributed by atoms with van der Waals surface area (Å²) in [6.45, 7) is 0.107. The lowest BCUT2D eigenvalue weighted by molar-refractivity contribution is 0.120. The van der Waals surface area contributed by atoms with Crippen molar-refractivity contribution in [3.05, 3.63) is 65.7 Å². The van der Waals surface area contributed by atoms with Crippen LogP contribution in [-0.2, 0) is 6.42 Å². The zero-order valence-electron chi connectivity index (χ0n) is 14.7. The maximum absolute atomic E-state index is 7.23. The van der Waals surface area contributed by atoms with Gasteiger partial charge in [-0.3, -0.25) is 10.8 Å². The molecule has 28 heavy (non-hydrogen) atoms. The van der Waals surface area contributed by atoms with Crippen molar-refractivity contribution in [1.29, 1.82) is 10.8 Å². The smallest absolute Gasteiger partial charge is 0.230 e. The predicted molar refractivity (Wildman–Crippen MR) is 121 cm³/mol. The molecule has 0 radical (unpaired) electrons. The molecule has 154 valence electrons. The van der Waals surface area contributed by atoms with Gasteiger partial charge in [0.1, 0.15) is 17.3 Å². The monoisotopic (exact) mass is 426 g/mol. The minimum absolute atomic E-state index is 0. The lowest BCUT2D eigenvalue weighted by atomic mass is 10.1. The molecule has 0 saturated heterocycles. The van der Waals surface area contributed by atoms with E-state index < -0.39 is 0 Å². The molecule has 8 heteroatoms. The van der Waals surface area contributed by atoms with E-state index in [4.69, 9.17) is 31.8 Å². The van der Waals surface area contributed by atoms with E-state index in [2.05, 4.69) is 0 Å². The quantitative estimate of drug-likeness (QED) is 0.269. The fraction of sp³-hybridized carbons (Fsp3) is 0.200. The van der Waals surface area contributed by atoms with Crippen LogP contribution in [0.2, 0.25) is 0 Å². The Bertz CT molecular complexity index is 748. The van der Waals surface area contributed by atoms with E-state index in [1.54, 1.807) is 6.08 Å². The van der Waals surface area contributed by atoms with Gasteiger partial charge in [-0.1, -0.05) is 37.8 Å². The van der Waals surface area contributed by atoms with E-state index in [-0.39, 0.29) is 50.7 Å². The third kappa shape index (κ3) is 10.4. The number of hydrogen-bond acceptors (Lipinski definition) is 4. The minimum Gasteiger partial charge on any atom is -0.458 e. The highest BCUT2D eigenvalue weighted by Gasteiger charge is 1.99. The maximum Gasteiger partial charge on any atom is 0.230 e. The first-order valence-electron chi connectivity index (χ1n) is 7.82. The topological polar surface area (TPSA) is 118 Å². The SMILES string of the molecule is C.Cl.Cl.N=C(N)C=Cc1ccc(OCOc2ccc(CCC(=N)N)cc2)cc1. The summed E-state index contributed by atoms with van der Waals surface area (Å²) in [5.74, 6) is 1.61. The fourth-order valence-electron chi connectivity index (χ4n) is 2.06. The Morgan fingerprint density at radius 1 is 0.857 bits per heavy atom. The Labute approximate surface area is 178 Å². The zero-order chi connectivity index (χ0) is 18.1. The van der Waals surface area contributed by atoms with Gasteiger partial charge in [0.25, 0.3) is 0 Å². The standard InChI is InChI=1S/C19H22N4O2.CH4.2ClH/c20-18(21)11-5-14-1-7-16(8-2-14)24-13-25-17-9-3-15(4-10-17)6-12-19(22)23;;;/h1-5,7-11H,6,12-13H2,(H3,20,21)(H3,22,23);1H4;2*1H. The Morgan fingerprint density at radius 3 is 1.82 bits per heavy atom. The molecule has 0 amide bonds. The van der Waals surface area contributed by atoms with Crippen molar-refractivity contribution in [2.24, 2.45) is 11.5 Å². The molecule has 0 aliphatic heterocycles. The van der Waals surface area contributed by atoms with Crippen LogP contribution in [0.3, 0.4) is 0 Å². The van der Waals surface area contributed by atoms with Gasteiger partial charge in [-0.2, -0.15) is 0 Å². The van der Waals surface area contributed by atoms with Crippen LogP contribution in [0.25, 0.3) is 6.08 Å². The molecule has 0 aliphatic carbocycles. The molecule has 0 atom stereocenters. The van der Waals surface area contributed by atoms with Crippen molar-refractivity contribution >= 4 is 42.6 Å². The molecule has 2 aromatic rings. The summed E-state index contributed by atoms with van der Waals surface area (Å²) < 4.78 is 11.1. The number of nitrogens with one attached hydrogen (secondary N) is 2. The number of rotatable bonds is 9. The van der Waals surface area contributed by atoms with Gasteiger partial charge in [-0.15, -0.1) is 24.8 Å². The number of hydrogen-bond donors (Lipinski definition) is 4. The second kappa shape index (κ2) is 14.4. The second-order valence-corrected chi connectivity index (χ2v) is 5.43. The molecule has 0 heterocycles. The molecular formula is C20H28Cl2N4O2. The molecule has 0 aliphatic rings. The summed E-state index contributed by atoms with van der Waals surface area (Å²) in [5.41, 5.74) is 12.7. The summed E-state index contributed by atoms with van der Waals surface area (Å²) in [4.78, 5) is 0. The first-order valence-corrected chi connectivity index (χ1v) is 7.82. The molecule has 6 N–H and O–H groups in total. The average Bonchev–Trinajstić information content (AvgIpc) is 2.60. The van der Waals surface area contributed by atoms with E-state index >= 15 is 0 Å². The highest BCUT2D eigenvalue weighted by molar-refractivity contribution is 5.92. The number of nitrogens with two attached hydrogens (primary N) is 2.